The topological polar surface area (TPSA) is 48.3 Å². The van der Waals surface area contributed by atoms with Crippen LogP contribution < -0.4 is 10.0 Å². The molecule has 2 fully saturated rings. The van der Waals surface area contributed by atoms with E-state index < -0.39 is 23.2 Å². The molecule has 1 aliphatic heterocycles. The number of carboxylic acids is 1. The van der Waals surface area contributed by atoms with Gasteiger partial charge in [-0.15, -0.1) is 0 Å². The lowest BCUT2D eigenvalue weighted by Gasteiger charge is -2.39. The number of para-hydroxylation sites is 1. The number of carbonyl (C=O) groups excluding carboxylic acids is 1. The molecule has 0 atom stereocenters. The first-order valence-corrected chi connectivity index (χ1v) is 14.6. The summed E-state index contributed by atoms with van der Waals surface area (Å²) >= 11 is 7.43. The zero-order chi connectivity index (χ0) is 26.9. The van der Waals surface area contributed by atoms with Gasteiger partial charge in [-0.2, -0.15) is 0 Å². The fraction of sp³-hybridized carbons (Fsp3) is 0.323. The van der Waals surface area contributed by atoms with Gasteiger partial charge in [-0.05, 0) is 55.5 Å². The van der Waals surface area contributed by atoms with E-state index >= 15 is 8.78 Å². The fourth-order valence-electron chi connectivity index (χ4n) is 6.51. The van der Waals surface area contributed by atoms with Gasteiger partial charge in [-0.3, -0.25) is 0 Å². The molecule has 4 aromatic rings. The Labute approximate surface area is 234 Å². The second-order valence-corrected chi connectivity index (χ2v) is 12.4. The van der Waals surface area contributed by atoms with Crippen LogP contribution in [0.2, 0.25) is 5.02 Å². The third kappa shape index (κ3) is 3.96. The summed E-state index contributed by atoms with van der Waals surface area (Å²) in [4.78, 5) is 14.8. The van der Waals surface area contributed by atoms with E-state index in [1.165, 1.54) is 48.7 Å². The summed E-state index contributed by atoms with van der Waals surface area (Å²) in [6.45, 7) is 2.25. The van der Waals surface area contributed by atoms with Crippen molar-refractivity contribution in [3.05, 3.63) is 88.1 Å². The van der Waals surface area contributed by atoms with E-state index in [0.29, 0.717) is 24.0 Å². The highest BCUT2D eigenvalue weighted by Crippen LogP contribution is 2.53. The molecule has 39 heavy (non-hydrogen) atoms. The van der Waals surface area contributed by atoms with E-state index in [4.69, 9.17) is 11.6 Å². The number of hydrogen-bond acceptors (Lipinski definition) is 4. The predicted molar refractivity (Wildman–Crippen MR) is 148 cm³/mol. The first-order chi connectivity index (χ1) is 18.9. The van der Waals surface area contributed by atoms with Crippen LogP contribution in [-0.2, 0) is 12.0 Å². The monoisotopic (exact) mass is 563 g/mol. The summed E-state index contributed by atoms with van der Waals surface area (Å²) in [6, 6.07) is 16.2. The van der Waals surface area contributed by atoms with Crippen LogP contribution in [0.1, 0.15) is 59.6 Å². The van der Waals surface area contributed by atoms with Crippen LogP contribution in [-0.4, -0.2) is 23.6 Å². The molecule has 0 unspecified atom stereocenters. The maximum atomic E-state index is 15.7. The lowest BCUT2D eigenvalue weighted by atomic mass is 9.66. The second-order valence-electron chi connectivity index (χ2n) is 11.0. The van der Waals surface area contributed by atoms with Gasteiger partial charge in [0.2, 0.25) is 0 Å². The summed E-state index contributed by atoms with van der Waals surface area (Å²) in [7, 11) is 0. The molecule has 1 spiro atoms. The van der Waals surface area contributed by atoms with Crippen molar-refractivity contribution in [3.8, 4) is 0 Å². The second kappa shape index (κ2) is 9.27. The number of carboxylic acid groups (broad SMARTS) is 1. The maximum Gasteiger partial charge on any atom is 0.166 e. The van der Waals surface area contributed by atoms with Crippen LogP contribution in [0.4, 0.5) is 14.5 Å². The average Bonchev–Trinajstić information content (AvgIpc) is 3.61. The lowest BCUT2D eigenvalue weighted by Crippen LogP contribution is -2.40. The molecule has 0 amide bonds. The molecule has 0 saturated heterocycles. The number of hydrogen-bond donors (Lipinski definition) is 0. The number of benzene rings is 3. The predicted octanol–water partition coefficient (Wildman–Crippen LogP) is 6.91. The molecular formula is C31H26ClF2N2O2S-. The Bertz CT molecular complexity index is 1640. The Morgan fingerprint density at radius 2 is 1.82 bits per heavy atom. The number of aromatic nitrogens is 1. The van der Waals surface area contributed by atoms with Crippen molar-refractivity contribution < 1.29 is 18.7 Å². The highest BCUT2D eigenvalue weighted by Gasteiger charge is 2.46. The smallest absolute Gasteiger partial charge is 0.166 e. The van der Waals surface area contributed by atoms with Gasteiger partial charge in [0.1, 0.15) is 5.82 Å². The molecule has 0 N–H and O–H groups in total. The number of aromatic carboxylic acids is 1. The summed E-state index contributed by atoms with van der Waals surface area (Å²) in [5.41, 5.74) is 3.82. The number of fused-ring (bicyclic) bond motifs is 3. The normalized spacial score (nSPS) is 17.6. The number of halogens is 3. The number of nitrogens with zero attached hydrogens (tertiary/aromatic N) is 2. The molecule has 2 saturated carbocycles. The zero-order valence-electron chi connectivity index (χ0n) is 21.2. The molecule has 2 aliphatic carbocycles. The van der Waals surface area contributed by atoms with Gasteiger partial charge >= 0.3 is 0 Å². The van der Waals surface area contributed by atoms with Crippen molar-refractivity contribution in [2.75, 3.05) is 18.0 Å². The maximum absolute atomic E-state index is 15.7. The van der Waals surface area contributed by atoms with Gasteiger partial charge in [0.05, 0.1) is 16.5 Å². The van der Waals surface area contributed by atoms with Gasteiger partial charge < -0.3 is 19.4 Å². The number of anilines is 1. The van der Waals surface area contributed by atoms with E-state index in [9.17, 15) is 9.90 Å². The van der Waals surface area contributed by atoms with E-state index in [1.807, 2.05) is 4.57 Å². The van der Waals surface area contributed by atoms with Gasteiger partial charge in [-0.25, -0.2) is 8.78 Å². The van der Waals surface area contributed by atoms with Gasteiger partial charge in [0, 0.05) is 63.1 Å². The highest BCUT2D eigenvalue weighted by molar-refractivity contribution is 7.99. The Balaban J connectivity index is 1.31. The van der Waals surface area contributed by atoms with Crippen molar-refractivity contribution in [3.63, 3.8) is 0 Å². The first kappa shape index (κ1) is 25.0. The molecule has 3 aromatic carbocycles. The minimum atomic E-state index is -1.56. The van der Waals surface area contributed by atoms with E-state index in [-0.39, 0.29) is 21.3 Å². The molecule has 3 aliphatic rings. The third-order valence-electron chi connectivity index (χ3n) is 8.68. The van der Waals surface area contributed by atoms with Crippen LogP contribution in [0.25, 0.3) is 10.9 Å². The molecule has 1 aromatic heterocycles. The van der Waals surface area contributed by atoms with Gasteiger partial charge in [0.25, 0.3) is 0 Å². The molecule has 8 heteroatoms. The zero-order valence-corrected chi connectivity index (χ0v) is 22.8. The molecule has 0 radical (unpaired) electrons. The van der Waals surface area contributed by atoms with Crippen molar-refractivity contribution in [2.45, 2.75) is 59.8 Å². The summed E-state index contributed by atoms with van der Waals surface area (Å²) in [5.74, 6) is -2.65. The van der Waals surface area contributed by atoms with Crippen molar-refractivity contribution >= 4 is 45.9 Å². The van der Waals surface area contributed by atoms with Crippen LogP contribution in [0.5, 0.6) is 0 Å². The van der Waals surface area contributed by atoms with Crippen LogP contribution in [0, 0.1) is 11.6 Å². The molecule has 0 bridgehead atoms. The minimum Gasteiger partial charge on any atom is -0.545 e. The van der Waals surface area contributed by atoms with Crippen molar-refractivity contribution in [2.24, 2.45) is 0 Å². The van der Waals surface area contributed by atoms with Crippen LogP contribution in [0.15, 0.2) is 64.4 Å². The lowest BCUT2D eigenvalue weighted by molar-refractivity contribution is -0.255. The highest BCUT2D eigenvalue weighted by atomic mass is 35.5. The largest absolute Gasteiger partial charge is 0.545 e. The van der Waals surface area contributed by atoms with E-state index in [2.05, 4.69) is 29.2 Å². The average molecular weight is 564 g/mol. The Morgan fingerprint density at radius 1 is 1.03 bits per heavy atom. The molecule has 4 nitrogen and oxygen atoms in total. The summed E-state index contributed by atoms with van der Waals surface area (Å²) < 4.78 is 32.9. The third-order valence-corrected chi connectivity index (χ3v) is 10.1. The molecule has 7 rings (SSSR count). The van der Waals surface area contributed by atoms with Crippen molar-refractivity contribution in [1.29, 1.82) is 0 Å². The van der Waals surface area contributed by atoms with Gasteiger partial charge in [-0.1, -0.05) is 60.1 Å². The SMILES string of the molecule is O=C([O-])c1cccc(Sc2c(C3CC3)n(CCN3CC4(CCC4)c4ccccc43)c3c(F)c(Cl)ccc23)c1F. The standard InChI is InChI=1S/C31H27ClF2N2O2S/c32-22-12-11-20-28(26(22)34)36(16-15-35-17-31(13-4-14-31)21-6-1-2-7-23(21)35)27(18-9-10-18)29(20)39-24-8-3-5-19(25(24)33)30(37)38/h1-3,5-8,11-12,18H,4,9-10,13-17H2,(H,37,38)/p-1. The van der Waals surface area contributed by atoms with E-state index in [0.717, 1.165) is 41.7 Å². The quantitative estimate of drug-likeness (QED) is 0.245. The Kier molecular flexibility index (Phi) is 5.94. The van der Waals surface area contributed by atoms with Crippen molar-refractivity contribution in [1.82, 2.24) is 4.57 Å². The summed E-state index contributed by atoms with van der Waals surface area (Å²) in [6.07, 6.45) is 5.58. The fourth-order valence-corrected chi connectivity index (χ4v) is 7.89. The number of rotatable bonds is 7. The molecular weight excluding hydrogens is 538 g/mol. The first-order valence-electron chi connectivity index (χ1n) is 13.4. The molecule has 2 heterocycles. The summed E-state index contributed by atoms with van der Waals surface area (Å²) in [5, 5.41) is 12.2. The Morgan fingerprint density at radius 3 is 2.54 bits per heavy atom. The minimum absolute atomic E-state index is 0.0465. The number of carbonyl (C=O) groups is 1. The van der Waals surface area contributed by atoms with Crippen LogP contribution in [0.3, 0.4) is 0 Å². The Hall–Kier alpha value is -3.03. The van der Waals surface area contributed by atoms with Gasteiger partial charge in [0.15, 0.2) is 5.82 Å². The van der Waals surface area contributed by atoms with E-state index in [1.54, 1.807) is 12.1 Å². The molecule has 200 valence electrons. The van der Waals surface area contributed by atoms with Crippen LogP contribution >= 0.6 is 23.4 Å².